The lowest BCUT2D eigenvalue weighted by atomic mass is 10.0. The highest BCUT2D eigenvalue weighted by Gasteiger charge is 2.31. The number of benzene rings is 4. The van der Waals surface area contributed by atoms with Crippen LogP contribution in [0.1, 0.15) is 78.4 Å². The van der Waals surface area contributed by atoms with Gasteiger partial charge in [0.1, 0.15) is 12.4 Å². The Balaban J connectivity index is 0.856. The fraction of sp³-hybridized carbons (Fsp3) is 0.245. The monoisotopic (exact) mass is 801 g/mol. The van der Waals surface area contributed by atoms with Crippen LogP contribution < -0.4 is 10.1 Å². The molecule has 6 aromatic rings. The molecule has 2 aliphatic heterocycles. The molecule has 4 aromatic carbocycles. The molecule has 1 saturated heterocycles. The first-order chi connectivity index (χ1) is 29.1. The van der Waals surface area contributed by atoms with Gasteiger partial charge in [-0.2, -0.15) is 0 Å². The van der Waals surface area contributed by atoms with Gasteiger partial charge in [0.25, 0.3) is 5.91 Å². The van der Waals surface area contributed by atoms with Gasteiger partial charge in [-0.25, -0.2) is 0 Å². The summed E-state index contributed by atoms with van der Waals surface area (Å²) in [5.74, 6) is 0.110. The summed E-state index contributed by atoms with van der Waals surface area (Å²) in [5.41, 5.74) is 8.46. The van der Waals surface area contributed by atoms with Crippen molar-refractivity contribution in [2.75, 3.05) is 11.9 Å². The first-order valence-electron chi connectivity index (χ1n) is 20.3. The van der Waals surface area contributed by atoms with E-state index in [9.17, 15) is 24.3 Å². The van der Waals surface area contributed by atoms with Crippen molar-refractivity contribution in [2.24, 2.45) is 19.1 Å². The van der Waals surface area contributed by atoms with E-state index in [4.69, 9.17) is 4.74 Å². The standard InChI is InChI=1S/C49H47N5O6/c1-52-28-37(24-43(52)45(56)20-32-9-4-3-5-10-32)36-16-14-33(15-17-36)21-46(57)44-25-39(29-53(44)2)51-48(58)22-34-11-8-12-35(19-34)31-60-47-26-42-41(23-38(47)30-55)49(59)54-18-7-6-13-40(54)27-50-42/h3-5,8-12,14-17,19,23-29,40,55H,6-7,13,18,20-22,30-31H2,1-2H3,(H,51,58)/t40-/m0/s1. The second kappa shape index (κ2) is 17.6. The molecule has 4 heterocycles. The normalized spacial score (nSPS) is 14.6. The first kappa shape index (κ1) is 40.0. The molecule has 0 bridgehead atoms. The highest BCUT2D eigenvalue weighted by atomic mass is 16.5. The Bertz CT molecular complexity index is 2600. The molecule has 2 aliphatic rings. The molecule has 2 N–H and O–H groups in total. The van der Waals surface area contributed by atoms with Crippen molar-refractivity contribution < 1.29 is 29.0 Å². The number of hydrogen-bond donors (Lipinski definition) is 2. The summed E-state index contributed by atoms with van der Waals surface area (Å²) >= 11 is 0. The molecule has 0 saturated carbocycles. The minimum atomic E-state index is -0.292. The number of carbonyl (C=O) groups excluding carboxylic acids is 4. The van der Waals surface area contributed by atoms with Gasteiger partial charge in [-0.1, -0.05) is 78.9 Å². The number of aliphatic hydroxyl groups excluding tert-OH is 1. The molecular weight excluding hydrogens is 755 g/mol. The van der Waals surface area contributed by atoms with Crippen LogP contribution in [-0.2, 0) is 51.4 Å². The van der Waals surface area contributed by atoms with E-state index in [0.717, 1.165) is 52.6 Å². The quantitative estimate of drug-likeness (QED) is 0.108. The van der Waals surface area contributed by atoms with Crippen molar-refractivity contribution in [3.8, 4) is 16.9 Å². The van der Waals surface area contributed by atoms with E-state index in [1.54, 1.807) is 36.0 Å². The zero-order valence-corrected chi connectivity index (χ0v) is 33.8. The lowest BCUT2D eigenvalue weighted by molar-refractivity contribution is -0.115. The van der Waals surface area contributed by atoms with Crippen LogP contribution in [0, 0.1) is 0 Å². The van der Waals surface area contributed by atoms with Gasteiger partial charge in [-0.3, -0.25) is 24.2 Å². The van der Waals surface area contributed by atoms with Crippen molar-refractivity contribution in [2.45, 2.75) is 57.8 Å². The average Bonchev–Trinajstić information content (AvgIpc) is 3.79. The predicted molar refractivity (Wildman–Crippen MR) is 231 cm³/mol. The van der Waals surface area contributed by atoms with Crippen LogP contribution in [-0.4, -0.2) is 61.3 Å². The number of aryl methyl sites for hydroxylation is 2. The summed E-state index contributed by atoms with van der Waals surface area (Å²) in [6, 6.07) is 32.0. The number of aliphatic imine (C=N–C) groups is 1. The maximum absolute atomic E-state index is 13.4. The van der Waals surface area contributed by atoms with Crippen molar-refractivity contribution in [1.82, 2.24) is 14.0 Å². The molecule has 11 nitrogen and oxygen atoms in total. The molecule has 0 radical (unpaired) electrons. The summed E-state index contributed by atoms with van der Waals surface area (Å²) in [5, 5.41) is 13.1. The molecule has 2 aromatic heterocycles. The van der Waals surface area contributed by atoms with E-state index in [-0.39, 0.29) is 55.5 Å². The van der Waals surface area contributed by atoms with E-state index in [1.165, 1.54) is 0 Å². The number of nitrogens with one attached hydrogen (secondary N) is 1. The minimum absolute atomic E-state index is 0.0241. The van der Waals surface area contributed by atoms with Gasteiger partial charge >= 0.3 is 0 Å². The van der Waals surface area contributed by atoms with Gasteiger partial charge < -0.3 is 29.2 Å². The third-order valence-corrected chi connectivity index (χ3v) is 11.3. The number of piperidine rings is 1. The Kier molecular flexibility index (Phi) is 11.7. The van der Waals surface area contributed by atoms with Gasteiger partial charge in [-0.15, -0.1) is 0 Å². The molecule has 304 valence electrons. The molecule has 1 atom stereocenters. The first-order valence-corrected chi connectivity index (χ1v) is 20.3. The smallest absolute Gasteiger partial charge is 0.256 e. The SMILES string of the molecule is Cn1cc(NC(=O)Cc2cccc(COc3cc4c(cc3CO)C(=O)N3CCCC[C@H]3C=N4)c2)cc1C(=O)Cc1ccc(-c2cc(C(=O)Cc3ccccc3)n(C)c2)cc1. The number of hydrogen-bond acceptors (Lipinski definition) is 7. The molecule has 60 heavy (non-hydrogen) atoms. The topological polar surface area (TPSA) is 135 Å². The zero-order chi connectivity index (χ0) is 41.8. The van der Waals surface area contributed by atoms with Gasteiger partial charge in [0.2, 0.25) is 5.91 Å². The number of aliphatic hydroxyl groups is 1. The van der Waals surface area contributed by atoms with Crippen LogP contribution >= 0.6 is 0 Å². The number of aromatic nitrogens is 2. The summed E-state index contributed by atoms with van der Waals surface area (Å²) in [7, 11) is 3.65. The van der Waals surface area contributed by atoms with Crippen molar-refractivity contribution in [1.29, 1.82) is 0 Å². The Morgan fingerprint density at radius 2 is 1.45 bits per heavy atom. The lowest BCUT2D eigenvalue weighted by Gasteiger charge is -2.32. The molecule has 1 fully saturated rings. The second-order valence-electron chi connectivity index (χ2n) is 15.6. The number of ketones is 2. The minimum Gasteiger partial charge on any atom is -0.488 e. The summed E-state index contributed by atoms with van der Waals surface area (Å²) in [4.78, 5) is 59.5. The van der Waals surface area contributed by atoms with E-state index < -0.39 is 0 Å². The van der Waals surface area contributed by atoms with E-state index in [1.807, 2.05) is 114 Å². The maximum atomic E-state index is 13.4. The van der Waals surface area contributed by atoms with Gasteiger partial charge in [0.15, 0.2) is 11.6 Å². The summed E-state index contributed by atoms with van der Waals surface area (Å²) in [6.45, 7) is 0.586. The highest BCUT2D eigenvalue weighted by Crippen LogP contribution is 2.34. The van der Waals surface area contributed by atoms with E-state index in [2.05, 4.69) is 10.3 Å². The second-order valence-corrected chi connectivity index (χ2v) is 15.6. The van der Waals surface area contributed by atoms with Gasteiger partial charge in [0.05, 0.1) is 47.4 Å². The van der Waals surface area contributed by atoms with Crippen LogP contribution in [0.25, 0.3) is 11.1 Å². The van der Waals surface area contributed by atoms with Crippen LogP contribution in [0.15, 0.2) is 121 Å². The number of anilines is 1. The van der Waals surface area contributed by atoms with Gasteiger partial charge in [0, 0.05) is 69.3 Å². The Morgan fingerprint density at radius 3 is 2.22 bits per heavy atom. The van der Waals surface area contributed by atoms with E-state index >= 15 is 0 Å². The highest BCUT2D eigenvalue weighted by molar-refractivity contribution is 6.03. The number of nitrogens with zero attached hydrogens (tertiary/aromatic N) is 4. The molecule has 0 aliphatic carbocycles. The van der Waals surface area contributed by atoms with E-state index in [0.29, 0.717) is 52.6 Å². The Hall–Kier alpha value is -6.85. The zero-order valence-electron chi connectivity index (χ0n) is 33.8. The van der Waals surface area contributed by atoms with Crippen LogP contribution in [0.5, 0.6) is 5.75 Å². The molecule has 2 amide bonds. The number of amides is 2. The van der Waals surface area contributed by atoms with Crippen LogP contribution in [0.3, 0.4) is 0 Å². The number of Topliss-reactive ketones (excluding diaryl/α,β-unsaturated/α-hetero) is 2. The lowest BCUT2D eigenvalue weighted by Crippen LogP contribution is -2.43. The van der Waals surface area contributed by atoms with Crippen molar-refractivity contribution >= 4 is 41.0 Å². The third kappa shape index (κ3) is 8.91. The van der Waals surface area contributed by atoms with Gasteiger partial charge in [-0.05, 0) is 65.3 Å². The number of ether oxygens (including phenoxy) is 1. The number of carbonyl (C=O) groups is 4. The Labute approximate surface area is 349 Å². The summed E-state index contributed by atoms with van der Waals surface area (Å²) < 4.78 is 9.74. The van der Waals surface area contributed by atoms with Crippen molar-refractivity contribution in [3.63, 3.8) is 0 Å². The molecular formula is C49H47N5O6. The molecule has 11 heteroatoms. The Morgan fingerprint density at radius 1 is 0.750 bits per heavy atom. The summed E-state index contributed by atoms with van der Waals surface area (Å²) in [6.07, 6.45) is 9.05. The number of rotatable bonds is 14. The largest absolute Gasteiger partial charge is 0.488 e. The average molecular weight is 802 g/mol. The molecule has 0 unspecified atom stereocenters. The maximum Gasteiger partial charge on any atom is 0.256 e. The van der Waals surface area contributed by atoms with Crippen molar-refractivity contribution in [3.05, 3.63) is 160 Å². The third-order valence-electron chi connectivity index (χ3n) is 11.3. The van der Waals surface area contributed by atoms with Crippen LogP contribution in [0.4, 0.5) is 11.4 Å². The molecule has 8 rings (SSSR count). The molecule has 0 spiro atoms. The van der Waals surface area contributed by atoms with Crippen LogP contribution in [0.2, 0.25) is 0 Å². The predicted octanol–water partition coefficient (Wildman–Crippen LogP) is 7.84. The fourth-order valence-corrected chi connectivity index (χ4v) is 8.09. The number of fused-ring (bicyclic) bond motifs is 2. The fourth-order valence-electron chi connectivity index (χ4n) is 8.09.